The monoisotopic (exact) mass is 355 g/mol. The van der Waals surface area contributed by atoms with Crippen LogP contribution >= 0.6 is 0 Å². The third-order valence-electron chi connectivity index (χ3n) is 3.66. The number of hydrogen-bond acceptors (Lipinski definition) is 4. The number of carbonyl (C=O) groups excluding carboxylic acids is 1. The van der Waals surface area contributed by atoms with E-state index >= 15 is 0 Å². The SMILES string of the molecule is CS(=O)(=O)c1cccc(C(=O)Nc2nccn2Cc2ccccc2)c1. The summed E-state index contributed by atoms with van der Waals surface area (Å²) in [5, 5.41) is 2.72. The molecule has 0 aliphatic carbocycles. The number of rotatable bonds is 5. The van der Waals surface area contributed by atoms with E-state index in [-0.39, 0.29) is 10.5 Å². The smallest absolute Gasteiger partial charge is 0.258 e. The summed E-state index contributed by atoms with van der Waals surface area (Å²) in [6, 6.07) is 15.7. The lowest BCUT2D eigenvalue weighted by Gasteiger charge is -2.09. The third kappa shape index (κ3) is 4.13. The third-order valence-corrected chi connectivity index (χ3v) is 4.77. The molecule has 1 amide bonds. The van der Waals surface area contributed by atoms with Crippen LogP contribution in [0.1, 0.15) is 15.9 Å². The highest BCUT2D eigenvalue weighted by molar-refractivity contribution is 7.90. The minimum Gasteiger partial charge on any atom is -0.313 e. The summed E-state index contributed by atoms with van der Waals surface area (Å²) in [5.74, 6) is -0.00961. The van der Waals surface area contributed by atoms with Gasteiger partial charge in [-0.2, -0.15) is 0 Å². The van der Waals surface area contributed by atoms with Crippen LogP contribution < -0.4 is 5.32 Å². The molecule has 25 heavy (non-hydrogen) atoms. The highest BCUT2D eigenvalue weighted by Crippen LogP contribution is 2.14. The van der Waals surface area contributed by atoms with Gasteiger partial charge in [-0.05, 0) is 23.8 Å². The maximum atomic E-state index is 12.4. The summed E-state index contributed by atoms with van der Waals surface area (Å²) in [4.78, 5) is 16.7. The van der Waals surface area contributed by atoms with Crippen LogP contribution in [0.3, 0.4) is 0 Å². The van der Waals surface area contributed by atoms with Crippen molar-refractivity contribution in [2.24, 2.45) is 0 Å². The zero-order valence-corrected chi connectivity index (χ0v) is 14.4. The van der Waals surface area contributed by atoms with Crippen LogP contribution in [0.2, 0.25) is 0 Å². The summed E-state index contributed by atoms with van der Waals surface area (Å²) in [7, 11) is -3.37. The highest BCUT2D eigenvalue weighted by atomic mass is 32.2. The lowest BCUT2D eigenvalue weighted by molar-refractivity contribution is 0.102. The minimum absolute atomic E-state index is 0.104. The number of anilines is 1. The predicted octanol–water partition coefficient (Wildman–Crippen LogP) is 2.59. The molecule has 0 saturated heterocycles. The molecule has 1 heterocycles. The maximum Gasteiger partial charge on any atom is 0.258 e. The summed E-state index contributed by atoms with van der Waals surface area (Å²) in [6.45, 7) is 0.569. The first kappa shape index (κ1) is 16.9. The van der Waals surface area contributed by atoms with Gasteiger partial charge in [0.2, 0.25) is 5.95 Å². The molecule has 1 N–H and O–H groups in total. The van der Waals surface area contributed by atoms with E-state index in [0.29, 0.717) is 12.5 Å². The van der Waals surface area contributed by atoms with Gasteiger partial charge >= 0.3 is 0 Å². The van der Waals surface area contributed by atoms with Crippen LogP contribution in [-0.4, -0.2) is 30.1 Å². The molecular weight excluding hydrogens is 338 g/mol. The molecule has 2 aromatic carbocycles. The molecular formula is C18H17N3O3S. The molecule has 0 aliphatic rings. The van der Waals surface area contributed by atoms with Gasteiger partial charge in [0.25, 0.3) is 5.91 Å². The molecule has 3 aromatic rings. The normalized spacial score (nSPS) is 11.2. The second-order valence-corrected chi connectivity index (χ2v) is 7.63. The topological polar surface area (TPSA) is 81.1 Å². The Morgan fingerprint density at radius 2 is 1.88 bits per heavy atom. The molecule has 0 atom stereocenters. The van der Waals surface area contributed by atoms with Crippen LogP contribution in [-0.2, 0) is 16.4 Å². The van der Waals surface area contributed by atoms with Crippen LogP contribution in [0.5, 0.6) is 0 Å². The standard InChI is InChI=1S/C18H17N3O3S/c1-25(23,24)16-9-5-8-15(12-16)17(22)20-18-19-10-11-21(18)13-14-6-3-2-4-7-14/h2-12H,13H2,1H3,(H,19,20,22). The van der Waals surface area contributed by atoms with E-state index in [1.54, 1.807) is 24.5 Å². The second-order valence-electron chi connectivity index (χ2n) is 5.62. The van der Waals surface area contributed by atoms with Crippen molar-refractivity contribution in [2.45, 2.75) is 11.4 Å². The van der Waals surface area contributed by atoms with Crippen molar-refractivity contribution in [1.29, 1.82) is 0 Å². The van der Waals surface area contributed by atoms with Gasteiger partial charge in [-0.25, -0.2) is 13.4 Å². The average molecular weight is 355 g/mol. The van der Waals surface area contributed by atoms with E-state index in [1.807, 2.05) is 34.9 Å². The molecule has 128 valence electrons. The van der Waals surface area contributed by atoms with E-state index in [2.05, 4.69) is 10.3 Å². The van der Waals surface area contributed by atoms with Crippen molar-refractivity contribution in [1.82, 2.24) is 9.55 Å². The van der Waals surface area contributed by atoms with Gasteiger partial charge in [0.1, 0.15) is 0 Å². The number of sulfone groups is 1. The molecule has 6 nitrogen and oxygen atoms in total. The Balaban J connectivity index is 1.80. The summed E-state index contributed by atoms with van der Waals surface area (Å²) in [6.07, 6.45) is 4.48. The van der Waals surface area contributed by atoms with E-state index in [1.165, 1.54) is 12.1 Å². The minimum atomic E-state index is -3.37. The zero-order valence-electron chi connectivity index (χ0n) is 13.6. The van der Waals surface area contributed by atoms with E-state index in [0.717, 1.165) is 11.8 Å². The Bertz CT molecular complexity index is 995. The maximum absolute atomic E-state index is 12.4. The Hall–Kier alpha value is -2.93. The fourth-order valence-corrected chi connectivity index (χ4v) is 3.05. The van der Waals surface area contributed by atoms with Crippen molar-refractivity contribution >= 4 is 21.7 Å². The van der Waals surface area contributed by atoms with Crippen LogP contribution in [0, 0.1) is 0 Å². The van der Waals surface area contributed by atoms with Crippen molar-refractivity contribution in [3.05, 3.63) is 78.1 Å². The Labute approximate surface area is 146 Å². The molecule has 0 spiro atoms. The molecule has 0 fully saturated rings. The number of aromatic nitrogens is 2. The Morgan fingerprint density at radius 3 is 2.60 bits per heavy atom. The van der Waals surface area contributed by atoms with Crippen molar-refractivity contribution in [3.8, 4) is 0 Å². The number of carbonyl (C=O) groups is 1. The molecule has 0 aliphatic heterocycles. The first-order chi connectivity index (χ1) is 11.9. The zero-order chi connectivity index (χ0) is 17.9. The summed E-state index contributed by atoms with van der Waals surface area (Å²) >= 11 is 0. The number of benzene rings is 2. The first-order valence-electron chi connectivity index (χ1n) is 7.60. The number of nitrogens with zero attached hydrogens (tertiary/aromatic N) is 2. The number of amides is 1. The summed E-state index contributed by atoms with van der Waals surface area (Å²) < 4.78 is 25.1. The molecule has 3 rings (SSSR count). The summed E-state index contributed by atoms with van der Waals surface area (Å²) in [5.41, 5.74) is 1.34. The molecule has 0 radical (unpaired) electrons. The van der Waals surface area contributed by atoms with E-state index in [9.17, 15) is 13.2 Å². The van der Waals surface area contributed by atoms with Gasteiger partial charge in [0.05, 0.1) is 11.4 Å². The lowest BCUT2D eigenvalue weighted by atomic mass is 10.2. The molecule has 7 heteroatoms. The van der Waals surface area contributed by atoms with Gasteiger partial charge in [0, 0.05) is 24.2 Å². The van der Waals surface area contributed by atoms with Crippen LogP contribution in [0.25, 0.3) is 0 Å². The van der Waals surface area contributed by atoms with Gasteiger partial charge < -0.3 is 4.57 Å². The fourth-order valence-electron chi connectivity index (χ4n) is 2.38. The van der Waals surface area contributed by atoms with Gasteiger partial charge in [-0.15, -0.1) is 0 Å². The average Bonchev–Trinajstić information content (AvgIpc) is 3.02. The largest absolute Gasteiger partial charge is 0.313 e. The first-order valence-corrected chi connectivity index (χ1v) is 9.49. The molecule has 0 saturated carbocycles. The van der Waals surface area contributed by atoms with Crippen molar-refractivity contribution in [3.63, 3.8) is 0 Å². The quantitative estimate of drug-likeness (QED) is 0.763. The van der Waals surface area contributed by atoms with Gasteiger partial charge in [-0.3, -0.25) is 10.1 Å². The van der Waals surface area contributed by atoms with Gasteiger partial charge in [0.15, 0.2) is 9.84 Å². The molecule has 0 bridgehead atoms. The fraction of sp³-hybridized carbons (Fsp3) is 0.111. The van der Waals surface area contributed by atoms with Crippen LogP contribution in [0.4, 0.5) is 5.95 Å². The van der Waals surface area contributed by atoms with Crippen molar-refractivity contribution in [2.75, 3.05) is 11.6 Å². The highest BCUT2D eigenvalue weighted by Gasteiger charge is 2.14. The van der Waals surface area contributed by atoms with Crippen LogP contribution in [0.15, 0.2) is 71.9 Å². The van der Waals surface area contributed by atoms with E-state index < -0.39 is 15.7 Å². The van der Waals surface area contributed by atoms with Gasteiger partial charge in [-0.1, -0.05) is 36.4 Å². The van der Waals surface area contributed by atoms with E-state index in [4.69, 9.17) is 0 Å². The Morgan fingerprint density at radius 1 is 1.12 bits per heavy atom. The number of imidazole rings is 1. The second kappa shape index (κ2) is 6.90. The Kier molecular flexibility index (Phi) is 4.67. The molecule has 1 aromatic heterocycles. The van der Waals surface area contributed by atoms with Crippen molar-refractivity contribution < 1.29 is 13.2 Å². The number of nitrogens with one attached hydrogen (secondary N) is 1. The predicted molar refractivity (Wildman–Crippen MR) is 95.3 cm³/mol. The number of hydrogen-bond donors (Lipinski definition) is 1. The lowest BCUT2D eigenvalue weighted by Crippen LogP contribution is -2.16. The molecule has 0 unspecified atom stereocenters.